The van der Waals surface area contributed by atoms with Gasteiger partial charge in [-0.15, -0.1) is 0 Å². The van der Waals surface area contributed by atoms with Gasteiger partial charge in [-0.2, -0.15) is 0 Å². The molecule has 0 heterocycles. The van der Waals surface area contributed by atoms with E-state index in [1.807, 2.05) is 49.4 Å². The van der Waals surface area contributed by atoms with E-state index in [1.54, 1.807) is 14.2 Å². The maximum Gasteiger partial charge on any atom is 0.161 e. The second-order valence-electron chi connectivity index (χ2n) is 4.81. The largest absolute Gasteiger partial charge is 0.496 e. The van der Waals surface area contributed by atoms with Crippen molar-refractivity contribution in [2.45, 2.75) is 13.0 Å². The van der Waals surface area contributed by atoms with Crippen molar-refractivity contribution in [3.63, 3.8) is 0 Å². The highest BCUT2D eigenvalue weighted by atomic mass is 16.5. The molecule has 0 amide bonds. The Labute approximate surface area is 125 Å². The summed E-state index contributed by atoms with van der Waals surface area (Å²) >= 11 is 0. The molecule has 112 valence electrons. The smallest absolute Gasteiger partial charge is 0.161 e. The number of aryl methyl sites for hydroxylation is 1. The predicted octanol–water partition coefficient (Wildman–Crippen LogP) is 3.09. The van der Waals surface area contributed by atoms with Crippen molar-refractivity contribution < 1.29 is 14.2 Å². The van der Waals surface area contributed by atoms with Crippen molar-refractivity contribution in [3.8, 4) is 17.2 Å². The van der Waals surface area contributed by atoms with E-state index in [4.69, 9.17) is 19.9 Å². The third kappa shape index (κ3) is 3.67. The molecule has 2 aromatic rings. The Balaban J connectivity index is 2.11. The average molecular weight is 287 g/mol. The molecule has 0 aliphatic carbocycles. The standard InChI is InChI=1S/C17H21NO3/c1-12-8-9-15(19-2)13(10-12)14(18)11-21-17-7-5-4-6-16(17)20-3/h4-10,14H,11,18H2,1-3H3. The fraction of sp³-hybridized carbons (Fsp3) is 0.294. The van der Waals surface area contributed by atoms with Crippen LogP contribution in [0.5, 0.6) is 17.2 Å². The summed E-state index contributed by atoms with van der Waals surface area (Å²) in [5.74, 6) is 2.15. The van der Waals surface area contributed by atoms with Crippen LogP contribution in [0.1, 0.15) is 17.2 Å². The van der Waals surface area contributed by atoms with Gasteiger partial charge in [-0.25, -0.2) is 0 Å². The number of para-hydroxylation sites is 2. The number of hydrogen-bond acceptors (Lipinski definition) is 4. The number of benzene rings is 2. The van der Waals surface area contributed by atoms with E-state index in [9.17, 15) is 0 Å². The molecule has 0 bridgehead atoms. The molecule has 0 aromatic heterocycles. The minimum absolute atomic E-state index is 0.273. The summed E-state index contributed by atoms with van der Waals surface area (Å²) in [4.78, 5) is 0. The number of nitrogens with two attached hydrogens (primary N) is 1. The summed E-state index contributed by atoms with van der Waals surface area (Å²) in [7, 11) is 3.26. The van der Waals surface area contributed by atoms with Gasteiger partial charge in [0.15, 0.2) is 11.5 Å². The molecular formula is C17H21NO3. The van der Waals surface area contributed by atoms with E-state index < -0.39 is 0 Å². The minimum atomic E-state index is -0.273. The Morgan fingerprint density at radius 1 is 0.952 bits per heavy atom. The lowest BCUT2D eigenvalue weighted by molar-refractivity contribution is 0.270. The van der Waals surface area contributed by atoms with Gasteiger partial charge in [0.25, 0.3) is 0 Å². The first-order valence-corrected chi connectivity index (χ1v) is 6.81. The molecule has 2 aromatic carbocycles. The minimum Gasteiger partial charge on any atom is -0.496 e. The Morgan fingerprint density at radius 3 is 2.29 bits per heavy atom. The summed E-state index contributed by atoms with van der Waals surface area (Å²) in [5.41, 5.74) is 8.31. The molecule has 21 heavy (non-hydrogen) atoms. The van der Waals surface area contributed by atoms with Crippen LogP contribution in [0.25, 0.3) is 0 Å². The zero-order valence-electron chi connectivity index (χ0n) is 12.6. The molecule has 0 radical (unpaired) electrons. The summed E-state index contributed by atoms with van der Waals surface area (Å²) < 4.78 is 16.4. The number of methoxy groups -OCH3 is 2. The van der Waals surface area contributed by atoms with Crippen LogP contribution in [0.15, 0.2) is 42.5 Å². The van der Waals surface area contributed by atoms with Crippen LogP contribution in [0, 0.1) is 6.92 Å². The van der Waals surface area contributed by atoms with E-state index in [0.29, 0.717) is 18.1 Å². The summed E-state index contributed by atoms with van der Waals surface area (Å²) in [6, 6.07) is 13.2. The van der Waals surface area contributed by atoms with Crippen LogP contribution in [0.3, 0.4) is 0 Å². The van der Waals surface area contributed by atoms with E-state index in [-0.39, 0.29) is 6.04 Å². The van der Waals surface area contributed by atoms with Gasteiger partial charge in [-0.05, 0) is 25.1 Å². The Morgan fingerprint density at radius 2 is 1.62 bits per heavy atom. The van der Waals surface area contributed by atoms with E-state index in [2.05, 4.69) is 0 Å². The first-order chi connectivity index (χ1) is 10.2. The van der Waals surface area contributed by atoms with Crippen LogP contribution < -0.4 is 19.9 Å². The van der Waals surface area contributed by atoms with Crippen molar-refractivity contribution >= 4 is 0 Å². The second-order valence-corrected chi connectivity index (χ2v) is 4.81. The molecule has 4 heteroatoms. The second kappa shape index (κ2) is 6.99. The molecule has 0 saturated carbocycles. The predicted molar refractivity (Wildman–Crippen MR) is 83.1 cm³/mol. The highest BCUT2D eigenvalue weighted by molar-refractivity contribution is 5.41. The summed E-state index contributed by atoms with van der Waals surface area (Å²) in [6.45, 7) is 2.37. The fourth-order valence-corrected chi connectivity index (χ4v) is 2.15. The molecule has 0 fully saturated rings. The van der Waals surface area contributed by atoms with Crippen molar-refractivity contribution in [1.29, 1.82) is 0 Å². The fourth-order valence-electron chi connectivity index (χ4n) is 2.15. The average Bonchev–Trinajstić information content (AvgIpc) is 2.52. The molecule has 0 aliphatic rings. The Kier molecular flexibility index (Phi) is 5.06. The topological polar surface area (TPSA) is 53.7 Å². The van der Waals surface area contributed by atoms with Gasteiger partial charge in [-0.1, -0.05) is 29.8 Å². The maximum absolute atomic E-state index is 6.23. The molecule has 0 spiro atoms. The lowest BCUT2D eigenvalue weighted by atomic mass is 10.0. The highest BCUT2D eigenvalue weighted by Gasteiger charge is 2.14. The monoisotopic (exact) mass is 287 g/mol. The van der Waals surface area contributed by atoms with Crippen molar-refractivity contribution in [3.05, 3.63) is 53.6 Å². The zero-order chi connectivity index (χ0) is 15.2. The Hall–Kier alpha value is -2.20. The molecule has 1 atom stereocenters. The quantitative estimate of drug-likeness (QED) is 0.887. The van der Waals surface area contributed by atoms with Gasteiger partial charge < -0.3 is 19.9 Å². The van der Waals surface area contributed by atoms with Gasteiger partial charge in [0.2, 0.25) is 0 Å². The van der Waals surface area contributed by atoms with Crippen LogP contribution in [0.4, 0.5) is 0 Å². The highest BCUT2D eigenvalue weighted by Crippen LogP contribution is 2.29. The molecule has 0 saturated heterocycles. The van der Waals surface area contributed by atoms with Crippen LogP contribution >= 0.6 is 0 Å². The summed E-state index contributed by atoms with van der Waals surface area (Å²) in [6.07, 6.45) is 0. The van der Waals surface area contributed by atoms with E-state index in [1.165, 1.54) is 0 Å². The van der Waals surface area contributed by atoms with Gasteiger partial charge in [0.1, 0.15) is 12.4 Å². The molecule has 2 rings (SSSR count). The van der Waals surface area contributed by atoms with Gasteiger partial charge in [-0.3, -0.25) is 0 Å². The lowest BCUT2D eigenvalue weighted by Crippen LogP contribution is -2.20. The number of ether oxygens (including phenoxy) is 3. The van der Waals surface area contributed by atoms with E-state index >= 15 is 0 Å². The normalized spacial score (nSPS) is 11.8. The van der Waals surface area contributed by atoms with Crippen LogP contribution in [0.2, 0.25) is 0 Å². The summed E-state index contributed by atoms with van der Waals surface area (Å²) in [5, 5.41) is 0. The zero-order valence-corrected chi connectivity index (χ0v) is 12.6. The third-order valence-electron chi connectivity index (χ3n) is 3.27. The molecule has 0 aliphatic heterocycles. The van der Waals surface area contributed by atoms with Gasteiger partial charge >= 0.3 is 0 Å². The number of rotatable bonds is 6. The molecule has 1 unspecified atom stereocenters. The molecular weight excluding hydrogens is 266 g/mol. The van der Waals surface area contributed by atoms with Crippen molar-refractivity contribution in [1.82, 2.24) is 0 Å². The van der Waals surface area contributed by atoms with Crippen LogP contribution in [-0.2, 0) is 0 Å². The Bertz CT molecular complexity index is 598. The van der Waals surface area contributed by atoms with Gasteiger partial charge in [0, 0.05) is 5.56 Å². The lowest BCUT2D eigenvalue weighted by Gasteiger charge is -2.18. The van der Waals surface area contributed by atoms with Gasteiger partial charge in [0.05, 0.1) is 20.3 Å². The first kappa shape index (κ1) is 15.2. The molecule has 2 N–H and O–H groups in total. The maximum atomic E-state index is 6.23. The molecule has 4 nitrogen and oxygen atoms in total. The van der Waals surface area contributed by atoms with Crippen molar-refractivity contribution in [2.24, 2.45) is 5.73 Å². The number of hydrogen-bond donors (Lipinski definition) is 1. The van der Waals surface area contributed by atoms with Crippen LogP contribution in [-0.4, -0.2) is 20.8 Å². The third-order valence-corrected chi connectivity index (χ3v) is 3.27. The van der Waals surface area contributed by atoms with Crippen molar-refractivity contribution in [2.75, 3.05) is 20.8 Å². The first-order valence-electron chi connectivity index (χ1n) is 6.81. The SMILES string of the molecule is COc1ccccc1OCC(N)c1cc(C)ccc1OC. The van der Waals surface area contributed by atoms with E-state index in [0.717, 1.165) is 16.9 Å².